The molecule has 3 aromatic rings. The number of hydrogen-bond acceptors (Lipinski definition) is 6. The molecule has 1 aromatic carbocycles. The van der Waals surface area contributed by atoms with E-state index in [1.807, 2.05) is 13.0 Å². The topological polar surface area (TPSA) is 107 Å². The van der Waals surface area contributed by atoms with E-state index < -0.39 is 5.97 Å². The van der Waals surface area contributed by atoms with Crippen LogP contribution in [0.1, 0.15) is 54.6 Å². The third-order valence-corrected chi connectivity index (χ3v) is 6.66. The average molecular weight is 451 g/mol. The van der Waals surface area contributed by atoms with Crippen molar-refractivity contribution < 1.29 is 18.7 Å². The molecule has 3 N–H and O–H groups in total. The van der Waals surface area contributed by atoms with Crippen LogP contribution in [0.25, 0.3) is 10.9 Å². The van der Waals surface area contributed by atoms with Gasteiger partial charge in [0.25, 0.3) is 0 Å². The number of anilines is 2. The second kappa shape index (κ2) is 9.52. The molecule has 0 saturated heterocycles. The second-order valence-electron chi connectivity index (χ2n) is 8.60. The van der Waals surface area contributed by atoms with Crippen LogP contribution in [-0.4, -0.2) is 29.0 Å². The van der Waals surface area contributed by atoms with Crippen LogP contribution in [0.3, 0.4) is 0 Å². The van der Waals surface area contributed by atoms with Crippen LogP contribution in [-0.2, 0) is 9.53 Å². The van der Waals surface area contributed by atoms with E-state index in [-0.39, 0.29) is 34.9 Å². The van der Waals surface area contributed by atoms with E-state index in [4.69, 9.17) is 5.73 Å². The molecule has 0 bridgehead atoms. The quantitative estimate of drug-likeness (QED) is 0.546. The number of fused-ring (bicyclic) bond motifs is 1. The molecule has 2 aromatic heterocycles. The highest BCUT2D eigenvalue weighted by molar-refractivity contribution is 5.97. The van der Waals surface area contributed by atoms with Crippen molar-refractivity contribution in [1.82, 2.24) is 9.97 Å². The molecule has 0 radical (unpaired) electrons. The minimum absolute atomic E-state index is 0.0798. The second-order valence-corrected chi connectivity index (χ2v) is 8.60. The van der Waals surface area contributed by atoms with E-state index in [0.29, 0.717) is 11.6 Å². The van der Waals surface area contributed by atoms with Gasteiger partial charge in [-0.1, -0.05) is 6.92 Å². The summed E-state index contributed by atoms with van der Waals surface area (Å²) in [5.74, 6) is -0.714. The largest absolute Gasteiger partial charge is 0.464 e. The van der Waals surface area contributed by atoms with E-state index in [1.54, 1.807) is 18.3 Å². The number of hydrogen-bond donors (Lipinski definition) is 2. The van der Waals surface area contributed by atoms with Crippen LogP contribution < -0.4 is 11.1 Å². The molecule has 1 atom stereocenters. The molecule has 0 unspecified atom stereocenters. The van der Waals surface area contributed by atoms with E-state index in [1.165, 1.54) is 25.4 Å². The zero-order chi connectivity index (χ0) is 23.5. The zero-order valence-electron chi connectivity index (χ0n) is 18.7. The van der Waals surface area contributed by atoms with Crippen molar-refractivity contribution in [2.75, 3.05) is 18.2 Å². The van der Waals surface area contributed by atoms with Gasteiger partial charge in [-0.3, -0.25) is 9.78 Å². The first-order valence-electron chi connectivity index (χ1n) is 11.1. The Kier molecular flexibility index (Phi) is 6.53. The number of ether oxygens (including phenoxy) is 1. The lowest BCUT2D eigenvalue weighted by Gasteiger charge is -2.32. The molecule has 0 spiro atoms. The molecule has 2 heterocycles. The summed E-state index contributed by atoms with van der Waals surface area (Å²) >= 11 is 0. The molecule has 0 aliphatic heterocycles. The van der Waals surface area contributed by atoms with Crippen LogP contribution in [0, 0.1) is 17.7 Å². The van der Waals surface area contributed by atoms with Gasteiger partial charge >= 0.3 is 5.97 Å². The van der Waals surface area contributed by atoms with Crippen molar-refractivity contribution in [3.63, 3.8) is 0 Å². The number of nitrogens with one attached hydrogen (secondary N) is 1. The molecule has 7 nitrogen and oxygen atoms in total. The summed E-state index contributed by atoms with van der Waals surface area (Å²) in [6, 6.07) is 8.11. The van der Waals surface area contributed by atoms with Crippen molar-refractivity contribution in [2.24, 2.45) is 11.8 Å². The lowest BCUT2D eigenvalue weighted by molar-refractivity contribution is -0.121. The number of carbonyl (C=O) groups excluding carboxylic acids is 2. The molecule has 1 saturated carbocycles. The molecule has 8 heteroatoms. The van der Waals surface area contributed by atoms with Gasteiger partial charge in [-0.25, -0.2) is 14.2 Å². The average Bonchev–Trinajstić information content (AvgIpc) is 2.84. The summed E-state index contributed by atoms with van der Waals surface area (Å²) in [6.07, 6.45) is 6.72. The van der Waals surface area contributed by atoms with Gasteiger partial charge < -0.3 is 15.8 Å². The molecule has 33 heavy (non-hydrogen) atoms. The van der Waals surface area contributed by atoms with Gasteiger partial charge in [0, 0.05) is 17.5 Å². The minimum Gasteiger partial charge on any atom is -0.464 e. The maximum absolute atomic E-state index is 13.8. The summed E-state index contributed by atoms with van der Waals surface area (Å²) in [5.41, 5.74) is 8.56. The number of carbonyl (C=O) groups is 2. The molecule has 1 aliphatic carbocycles. The first kappa shape index (κ1) is 22.6. The van der Waals surface area contributed by atoms with Crippen LogP contribution in [0.4, 0.5) is 15.8 Å². The number of nitrogen functional groups attached to an aromatic ring is 1. The van der Waals surface area contributed by atoms with E-state index in [9.17, 15) is 14.0 Å². The Morgan fingerprint density at radius 2 is 1.91 bits per heavy atom. The monoisotopic (exact) mass is 450 g/mol. The normalized spacial score (nSPS) is 19.1. The van der Waals surface area contributed by atoms with Gasteiger partial charge in [0.1, 0.15) is 5.82 Å². The van der Waals surface area contributed by atoms with Crippen LogP contribution in [0.15, 0.2) is 42.7 Å². The smallest absolute Gasteiger partial charge is 0.356 e. The lowest BCUT2D eigenvalue weighted by Crippen LogP contribution is -2.30. The first-order valence-corrected chi connectivity index (χ1v) is 11.1. The SMILES string of the molecule is COC(=O)c1cc(NC(=O)[C@H](C)[C@H]2CC[C@@H](c3ccnc4ccc(F)cc43)CC2)c(N)cn1. The number of nitrogens with zero attached hydrogens (tertiary/aromatic N) is 2. The number of esters is 1. The Balaban J connectivity index is 1.42. The van der Waals surface area contributed by atoms with Crippen molar-refractivity contribution in [3.05, 3.63) is 59.8 Å². The Morgan fingerprint density at radius 3 is 2.64 bits per heavy atom. The first-order chi connectivity index (χ1) is 15.9. The summed E-state index contributed by atoms with van der Waals surface area (Å²) < 4.78 is 18.5. The maximum atomic E-state index is 13.8. The number of aromatic nitrogens is 2. The van der Waals surface area contributed by atoms with Crippen LogP contribution in [0.5, 0.6) is 0 Å². The zero-order valence-corrected chi connectivity index (χ0v) is 18.7. The fourth-order valence-corrected chi connectivity index (χ4v) is 4.68. The summed E-state index contributed by atoms with van der Waals surface area (Å²) in [5, 5.41) is 3.70. The lowest BCUT2D eigenvalue weighted by atomic mass is 9.73. The highest BCUT2D eigenvalue weighted by atomic mass is 19.1. The van der Waals surface area contributed by atoms with Crippen molar-refractivity contribution in [3.8, 4) is 0 Å². The highest BCUT2D eigenvalue weighted by Crippen LogP contribution is 2.41. The molecule has 172 valence electrons. The minimum atomic E-state index is -0.597. The molecule has 1 amide bonds. The number of halogens is 1. The number of amides is 1. The number of benzene rings is 1. The van der Waals surface area contributed by atoms with Gasteiger partial charge in [-0.05, 0) is 73.4 Å². The Bertz CT molecular complexity index is 1190. The summed E-state index contributed by atoms with van der Waals surface area (Å²) in [6.45, 7) is 1.91. The van der Waals surface area contributed by atoms with E-state index in [0.717, 1.165) is 42.1 Å². The Morgan fingerprint density at radius 1 is 1.15 bits per heavy atom. The van der Waals surface area contributed by atoms with E-state index in [2.05, 4.69) is 20.0 Å². The molecule has 4 rings (SSSR count). The van der Waals surface area contributed by atoms with E-state index >= 15 is 0 Å². The highest BCUT2D eigenvalue weighted by Gasteiger charge is 2.30. The molecule has 1 aliphatic rings. The van der Waals surface area contributed by atoms with Gasteiger partial charge in [0.2, 0.25) is 5.91 Å². The number of pyridine rings is 2. The maximum Gasteiger partial charge on any atom is 0.356 e. The fraction of sp³-hybridized carbons (Fsp3) is 0.360. The van der Waals surface area contributed by atoms with Gasteiger partial charge in [0.15, 0.2) is 5.69 Å². The molecular weight excluding hydrogens is 423 g/mol. The number of rotatable bonds is 5. The van der Waals surface area contributed by atoms with Crippen molar-refractivity contribution >= 4 is 34.2 Å². The third kappa shape index (κ3) is 4.79. The van der Waals surface area contributed by atoms with Crippen LogP contribution in [0.2, 0.25) is 0 Å². The van der Waals surface area contributed by atoms with Crippen LogP contribution >= 0.6 is 0 Å². The fourth-order valence-electron chi connectivity index (χ4n) is 4.68. The van der Waals surface area contributed by atoms with Gasteiger partial charge in [0.05, 0.1) is 30.2 Å². The summed E-state index contributed by atoms with van der Waals surface area (Å²) in [7, 11) is 1.27. The third-order valence-electron chi connectivity index (χ3n) is 6.66. The van der Waals surface area contributed by atoms with Gasteiger partial charge in [-0.15, -0.1) is 0 Å². The molecular formula is C25H27FN4O3. The predicted molar refractivity (Wildman–Crippen MR) is 124 cm³/mol. The Hall–Kier alpha value is -3.55. The Labute approximate surface area is 191 Å². The number of nitrogens with two attached hydrogens (primary N) is 1. The van der Waals surface area contributed by atoms with Gasteiger partial charge in [-0.2, -0.15) is 0 Å². The van der Waals surface area contributed by atoms with Crippen molar-refractivity contribution in [1.29, 1.82) is 0 Å². The molecule has 1 fully saturated rings. The van der Waals surface area contributed by atoms with Crippen molar-refractivity contribution in [2.45, 2.75) is 38.5 Å². The summed E-state index contributed by atoms with van der Waals surface area (Å²) in [4.78, 5) is 32.9. The number of methoxy groups -OCH3 is 1. The predicted octanol–water partition coefficient (Wildman–Crippen LogP) is 4.69. The standard InChI is InChI=1S/C25H27FN4O3/c1-14(24(31)30-22-12-23(25(32)33-2)29-13-20(22)27)15-3-5-16(6-4-15)18-9-10-28-21-8-7-17(26)11-19(18)21/h7-16H,3-6,27H2,1-2H3,(H,29,30,31)/t14-,15-,16+/m1/s1.